The zero-order chi connectivity index (χ0) is 13.5. The van der Waals surface area contributed by atoms with Crippen LogP contribution in [0.5, 0.6) is 0 Å². The summed E-state index contributed by atoms with van der Waals surface area (Å²) in [5.41, 5.74) is 0. The van der Waals surface area contributed by atoms with Gasteiger partial charge in [0, 0.05) is 6.10 Å². The summed E-state index contributed by atoms with van der Waals surface area (Å²) in [5.74, 6) is 0. The maximum absolute atomic E-state index is 6.47. The molecule has 1 unspecified atom stereocenters. The van der Waals surface area contributed by atoms with E-state index in [-0.39, 0.29) is 0 Å². The summed E-state index contributed by atoms with van der Waals surface area (Å²) in [6.07, 6.45) is 7.26. The molecule has 0 fully saturated rings. The molecule has 0 saturated carbocycles. The highest BCUT2D eigenvalue weighted by atomic mass is 79.9. The van der Waals surface area contributed by atoms with Gasteiger partial charge in [-0.3, -0.25) is 0 Å². The smallest absolute Gasteiger partial charge is 0.192 e. The molecule has 1 atom stereocenters. The van der Waals surface area contributed by atoms with Crippen LogP contribution in [0.1, 0.15) is 53.4 Å². The number of unbranched alkanes of at least 4 members (excludes halogenated alkanes) is 1. The second kappa shape index (κ2) is 7.75. The summed E-state index contributed by atoms with van der Waals surface area (Å²) in [6, 6.07) is 0. The van der Waals surface area contributed by atoms with Gasteiger partial charge in [-0.05, 0) is 36.0 Å². The van der Waals surface area contributed by atoms with Crippen LogP contribution >= 0.6 is 15.9 Å². The third-order valence-electron chi connectivity index (χ3n) is 3.64. The Morgan fingerprint density at radius 3 is 2.29 bits per heavy atom. The highest BCUT2D eigenvalue weighted by molar-refractivity contribution is 9.11. The maximum atomic E-state index is 6.47. The van der Waals surface area contributed by atoms with E-state index in [1.54, 1.807) is 0 Å². The first-order chi connectivity index (χ1) is 7.74. The summed E-state index contributed by atoms with van der Waals surface area (Å²) >= 11 is 3.34. The third kappa shape index (κ3) is 6.78. The second-order valence-electron chi connectivity index (χ2n) is 6.24. The van der Waals surface area contributed by atoms with Gasteiger partial charge < -0.3 is 4.43 Å². The molecule has 0 bridgehead atoms. The molecular weight excluding hydrogens is 292 g/mol. The summed E-state index contributed by atoms with van der Waals surface area (Å²) in [7, 11) is -1.62. The maximum Gasteiger partial charge on any atom is 0.192 e. The number of hydrogen-bond acceptors (Lipinski definition) is 1. The van der Waals surface area contributed by atoms with Gasteiger partial charge in [-0.1, -0.05) is 62.5 Å². The summed E-state index contributed by atoms with van der Waals surface area (Å²) in [6.45, 7) is 13.8. The Kier molecular flexibility index (Phi) is 7.93. The molecule has 3 heteroatoms. The van der Waals surface area contributed by atoms with Crippen molar-refractivity contribution in [2.75, 3.05) is 0 Å². The van der Waals surface area contributed by atoms with E-state index in [0.717, 1.165) is 6.42 Å². The Balaban J connectivity index is 4.50. The molecule has 0 heterocycles. The lowest BCUT2D eigenvalue weighted by molar-refractivity contribution is 0.171. The van der Waals surface area contributed by atoms with Gasteiger partial charge in [0.1, 0.15) is 0 Å². The fourth-order valence-electron chi connectivity index (χ4n) is 1.45. The van der Waals surface area contributed by atoms with Gasteiger partial charge in [-0.2, -0.15) is 0 Å². The highest BCUT2D eigenvalue weighted by Crippen LogP contribution is 2.38. The first kappa shape index (κ1) is 17.4. The van der Waals surface area contributed by atoms with Crippen LogP contribution in [-0.2, 0) is 4.43 Å². The largest absolute Gasteiger partial charge is 0.414 e. The standard InChI is InChI=1S/C14H29BrOSi/c1-7-8-10-13(11-9-12-15)16-17(5,6)14(2,3)4/h9,12-13H,7-8,10-11H2,1-6H3/b12-9-. The Morgan fingerprint density at radius 2 is 1.88 bits per heavy atom. The summed E-state index contributed by atoms with van der Waals surface area (Å²) in [4.78, 5) is 1.95. The monoisotopic (exact) mass is 320 g/mol. The molecule has 0 aromatic carbocycles. The minimum atomic E-state index is -1.62. The van der Waals surface area contributed by atoms with Crippen molar-refractivity contribution in [2.24, 2.45) is 0 Å². The van der Waals surface area contributed by atoms with Crippen LogP contribution in [0.3, 0.4) is 0 Å². The van der Waals surface area contributed by atoms with Crippen molar-refractivity contribution < 1.29 is 4.43 Å². The lowest BCUT2D eigenvalue weighted by Crippen LogP contribution is -2.43. The normalized spacial score (nSPS) is 15.5. The van der Waals surface area contributed by atoms with Crippen molar-refractivity contribution in [3.8, 4) is 0 Å². The van der Waals surface area contributed by atoms with Gasteiger partial charge in [0.15, 0.2) is 8.32 Å². The molecule has 17 heavy (non-hydrogen) atoms. The molecule has 102 valence electrons. The Labute approximate surface area is 117 Å². The van der Waals surface area contributed by atoms with Crippen LogP contribution < -0.4 is 0 Å². The number of rotatable bonds is 7. The average molecular weight is 321 g/mol. The molecule has 0 spiro atoms. The first-order valence-corrected chi connectivity index (χ1v) is 10.5. The lowest BCUT2D eigenvalue weighted by Gasteiger charge is -2.39. The predicted octanol–water partition coefficient (Wildman–Crippen LogP) is 5.87. The van der Waals surface area contributed by atoms with Crippen molar-refractivity contribution in [1.29, 1.82) is 0 Å². The lowest BCUT2D eigenvalue weighted by atomic mass is 10.1. The summed E-state index contributed by atoms with van der Waals surface area (Å²) in [5, 5.41) is 0.301. The van der Waals surface area contributed by atoms with Gasteiger partial charge in [0.25, 0.3) is 0 Å². The topological polar surface area (TPSA) is 9.23 Å². The number of hydrogen-bond donors (Lipinski definition) is 0. The molecular formula is C14H29BrOSi. The van der Waals surface area contributed by atoms with Gasteiger partial charge in [-0.25, -0.2) is 0 Å². The van der Waals surface area contributed by atoms with E-state index < -0.39 is 8.32 Å². The number of halogens is 1. The molecule has 0 aliphatic carbocycles. The zero-order valence-corrected chi connectivity index (χ0v) is 14.9. The third-order valence-corrected chi connectivity index (χ3v) is 8.54. The minimum Gasteiger partial charge on any atom is -0.414 e. The predicted molar refractivity (Wildman–Crippen MR) is 84.3 cm³/mol. The Bertz CT molecular complexity index is 231. The second-order valence-corrected chi connectivity index (χ2v) is 11.5. The van der Waals surface area contributed by atoms with E-state index in [4.69, 9.17) is 4.43 Å². The van der Waals surface area contributed by atoms with E-state index >= 15 is 0 Å². The Hall–Kier alpha value is 0.397. The van der Waals surface area contributed by atoms with Crippen LogP contribution in [0.15, 0.2) is 11.1 Å². The quantitative estimate of drug-likeness (QED) is 0.533. The van der Waals surface area contributed by atoms with Crippen molar-refractivity contribution in [3.05, 3.63) is 11.1 Å². The first-order valence-electron chi connectivity index (χ1n) is 6.67. The molecule has 0 amide bonds. The molecule has 0 aliphatic rings. The van der Waals surface area contributed by atoms with Crippen molar-refractivity contribution >= 4 is 24.2 Å². The highest BCUT2D eigenvalue weighted by Gasteiger charge is 2.38. The van der Waals surface area contributed by atoms with Crippen molar-refractivity contribution in [2.45, 2.75) is 77.6 Å². The van der Waals surface area contributed by atoms with E-state index in [0.29, 0.717) is 11.1 Å². The molecule has 0 aliphatic heterocycles. The average Bonchev–Trinajstić information content (AvgIpc) is 2.20. The molecule has 0 saturated heterocycles. The van der Waals surface area contributed by atoms with E-state index in [9.17, 15) is 0 Å². The molecule has 0 radical (unpaired) electrons. The van der Waals surface area contributed by atoms with Crippen LogP contribution in [0, 0.1) is 0 Å². The molecule has 0 aromatic heterocycles. The van der Waals surface area contributed by atoms with E-state index in [2.05, 4.69) is 62.8 Å². The van der Waals surface area contributed by atoms with Crippen LogP contribution in [0.25, 0.3) is 0 Å². The fourth-order valence-corrected chi connectivity index (χ4v) is 3.07. The summed E-state index contributed by atoms with van der Waals surface area (Å²) < 4.78 is 6.47. The van der Waals surface area contributed by atoms with Crippen LogP contribution in [0.4, 0.5) is 0 Å². The van der Waals surface area contributed by atoms with Gasteiger partial charge in [0.2, 0.25) is 0 Å². The molecule has 0 N–H and O–H groups in total. The van der Waals surface area contributed by atoms with Crippen molar-refractivity contribution in [1.82, 2.24) is 0 Å². The Morgan fingerprint density at radius 1 is 1.29 bits per heavy atom. The van der Waals surface area contributed by atoms with Crippen molar-refractivity contribution in [3.63, 3.8) is 0 Å². The van der Waals surface area contributed by atoms with E-state index in [1.807, 2.05) is 4.99 Å². The minimum absolute atomic E-state index is 0.301. The molecule has 1 nitrogen and oxygen atoms in total. The van der Waals surface area contributed by atoms with Gasteiger partial charge >= 0.3 is 0 Å². The van der Waals surface area contributed by atoms with Gasteiger partial charge in [0.05, 0.1) is 0 Å². The van der Waals surface area contributed by atoms with Crippen LogP contribution in [0.2, 0.25) is 18.1 Å². The fraction of sp³-hybridized carbons (Fsp3) is 0.857. The molecule has 0 rings (SSSR count). The van der Waals surface area contributed by atoms with Gasteiger partial charge in [-0.15, -0.1) is 0 Å². The van der Waals surface area contributed by atoms with E-state index in [1.165, 1.54) is 19.3 Å². The van der Waals surface area contributed by atoms with Crippen LogP contribution in [-0.4, -0.2) is 14.4 Å². The molecule has 0 aromatic rings. The zero-order valence-electron chi connectivity index (χ0n) is 12.3. The SMILES string of the molecule is CCCCC(C/C=C\Br)O[Si](C)(C)C(C)(C)C.